The van der Waals surface area contributed by atoms with Crippen molar-refractivity contribution in [1.29, 1.82) is 0 Å². The molecule has 0 bridgehead atoms. The molecule has 0 aromatic heterocycles. The zero-order valence-electron chi connectivity index (χ0n) is 12.9. The van der Waals surface area contributed by atoms with Crippen LogP contribution in [0.4, 0.5) is 5.69 Å². The molecule has 1 amide bonds. The van der Waals surface area contributed by atoms with E-state index in [1.54, 1.807) is 24.3 Å². The zero-order chi connectivity index (χ0) is 17.8. The number of carbonyl (C=O) groups is 2. The summed E-state index contributed by atoms with van der Waals surface area (Å²) in [4.78, 5) is 25.4. The van der Waals surface area contributed by atoms with Crippen molar-refractivity contribution in [2.45, 2.75) is 0 Å². The Kier molecular flexibility index (Phi) is 5.11. The lowest BCUT2D eigenvalue weighted by Gasteiger charge is -2.15. The van der Waals surface area contributed by atoms with Crippen molar-refractivity contribution >= 4 is 51.9 Å². The lowest BCUT2D eigenvalue weighted by Crippen LogP contribution is -2.28. The van der Waals surface area contributed by atoms with Gasteiger partial charge in [0.1, 0.15) is 0 Å². The second kappa shape index (κ2) is 7.46. The van der Waals surface area contributed by atoms with Crippen LogP contribution in [0.3, 0.4) is 0 Å². The lowest BCUT2D eigenvalue weighted by molar-refractivity contribution is -0.255. The molecule has 124 valence electrons. The molecule has 1 fully saturated rings. The number of benzene rings is 2. The summed E-state index contributed by atoms with van der Waals surface area (Å²) in [5, 5.41) is 11.0. The van der Waals surface area contributed by atoms with Gasteiger partial charge in [0.25, 0.3) is 5.91 Å². The van der Waals surface area contributed by atoms with Gasteiger partial charge in [-0.3, -0.25) is 9.69 Å². The fourth-order valence-corrected chi connectivity index (χ4v) is 3.54. The number of carbonyl (C=O) groups excluding carboxylic acids is 2. The maximum absolute atomic E-state index is 12.6. The largest absolute Gasteiger partial charge is 0.545 e. The second-order valence-electron chi connectivity index (χ2n) is 5.15. The van der Waals surface area contributed by atoms with Crippen LogP contribution >= 0.6 is 24.0 Å². The third kappa shape index (κ3) is 3.87. The third-order valence-corrected chi connectivity index (χ3v) is 4.79. The van der Waals surface area contributed by atoms with Crippen molar-refractivity contribution < 1.29 is 14.7 Å². The summed E-state index contributed by atoms with van der Waals surface area (Å²) in [6.07, 6.45) is 5.39. The fraction of sp³-hybridized carbons (Fsp3) is 0. The SMILES string of the molecule is O=C([O-])c1cccc(N2C(=O)/C(=C/C=C/c3ccccc3)SC2=S)c1. The fourth-order valence-electron chi connectivity index (χ4n) is 2.29. The molecule has 0 radical (unpaired) electrons. The van der Waals surface area contributed by atoms with Gasteiger partial charge in [0.2, 0.25) is 0 Å². The van der Waals surface area contributed by atoms with Gasteiger partial charge in [0.05, 0.1) is 16.6 Å². The van der Waals surface area contributed by atoms with Gasteiger partial charge in [-0.1, -0.05) is 78.6 Å². The highest BCUT2D eigenvalue weighted by molar-refractivity contribution is 8.27. The van der Waals surface area contributed by atoms with Gasteiger partial charge < -0.3 is 9.90 Å². The molecule has 6 heteroatoms. The van der Waals surface area contributed by atoms with E-state index < -0.39 is 5.97 Å². The number of allylic oxidation sites excluding steroid dienone is 2. The Labute approximate surface area is 154 Å². The van der Waals surface area contributed by atoms with Crippen molar-refractivity contribution in [1.82, 2.24) is 0 Å². The molecule has 0 spiro atoms. The molecule has 1 saturated heterocycles. The third-order valence-electron chi connectivity index (χ3n) is 3.47. The molecule has 3 rings (SSSR count). The molecule has 0 N–H and O–H groups in total. The topological polar surface area (TPSA) is 60.4 Å². The van der Waals surface area contributed by atoms with E-state index >= 15 is 0 Å². The smallest absolute Gasteiger partial charge is 0.270 e. The van der Waals surface area contributed by atoms with Gasteiger partial charge in [-0.25, -0.2) is 0 Å². The maximum atomic E-state index is 12.6. The second-order valence-corrected chi connectivity index (χ2v) is 6.82. The summed E-state index contributed by atoms with van der Waals surface area (Å²) >= 11 is 6.45. The van der Waals surface area contributed by atoms with Crippen molar-refractivity contribution in [2.75, 3.05) is 4.90 Å². The van der Waals surface area contributed by atoms with E-state index in [1.807, 2.05) is 36.4 Å². The molecule has 25 heavy (non-hydrogen) atoms. The van der Waals surface area contributed by atoms with Gasteiger partial charge in [-0.15, -0.1) is 0 Å². The summed E-state index contributed by atoms with van der Waals surface area (Å²) in [5.74, 6) is -1.57. The lowest BCUT2D eigenvalue weighted by atomic mass is 10.2. The predicted molar refractivity (Wildman–Crippen MR) is 102 cm³/mol. The first kappa shape index (κ1) is 17.1. The minimum Gasteiger partial charge on any atom is -0.545 e. The molecule has 1 aliphatic heterocycles. The van der Waals surface area contributed by atoms with Crippen LogP contribution in [-0.2, 0) is 4.79 Å². The van der Waals surface area contributed by atoms with E-state index in [0.29, 0.717) is 14.9 Å². The Balaban J connectivity index is 1.83. The molecule has 1 heterocycles. The highest BCUT2D eigenvalue weighted by Crippen LogP contribution is 2.35. The molecule has 0 unspecified atom stereocenters. The van der Waals surface area contributed by atoms with Gasteiger partial charge in [-0.2, -0.15) is 0 Å². The van der Waals surface area contributed by atoms with Gasteiger partial charge in [-0.05, 0) is 29.3 Å². The van der Waals surface area contributed by atoms with Gasteiger partial charge >= 0.3 is 0 Å². The quantitative estimate of drug-likeness (QED) is 0.615. The van der Waals surface area contributed by atoms with Gasteiger partial charge in [0.15, 0.2) is 4.32 Å². The Bertz CT molecular complexity index is 904. The van der Waals surface area contributed by atoms with E-state index in [4.69, 9.17) is 12.2 Å². The zero-order valence-corrected chi connectivity index (χ0v) is 14.5. The molecular formula is C19H12NO3S2-. The summed E-state index contributed by atoms with van der Waals surface area (Å²) in [5.41, 5.74) is 1.44. The number of hydrogen-bond donors (Lipinski definition) is 0. The molecule has 4 nitrogen and oxygen atoms in total. The number of aromatic carboxylic acids is 1. The van der Waals surface area contributed by atoms with Crippen LogP contribution in [0.1, 0.15) is 15.9 Å². The molecule has 0 aliphatic carbocycles. The van der Waals surface area contributed by atoms with Crippen LogP contribution in [-0.4, -0.2) is 16.2 Å². The van der Waals surface area contributed by atoms with Gasteiger partial charge in [0, 0.05) is 0 Å². The Morgan fingerprint density at radius 1 is 1.12 bits per heavy atom. The van der Waals surface area contributed by atoms with Crippen molar-refractivity contribution in [2.24, 2.45) is 0 Å². The number of thioether (sulfide) groups is 1. The standard InChI is InChI=1S/C19H13NO3S2/c21-17-16(11-4-8-13-6-2-1-3-7-13)25-19(24)20(17)15-10-5-9-14(12-15)18(22)23/h1-12H,(H,22,23)/p-1/b8-4+,16-11-. The average molecular weight is 366 g/mol. The molecular weight excluding hydrogens is 354 g/mol. The van der Waals surface area contributed by atoms with Crippen molar-refractivity contribution in [3.63, 3.8) is 0 Å². The van der Waals surface area contributed by atoms with E-state index in [-0.39, 0.29) is 11.5 Å². The van der Waals surface area contributed by atoms with Crippen LogP contribution in [0, 0.1) is 0 Å². The van der Waals surface area contributed by atoms with Crippen LogP contribution in [0.25, 0.3) is 6.08 Å². The summed E-state index contributed by atoms with van der Waals surface area (Å²) < 4.78 is 0.361. The summed E-state index contributed by atoms with van der Waals surface area (Å²) in [6.45, 7) is 0. The maximum Gasteiger partial charge on any atom is 0.270 e. The summed E-state index contributed by atoms with van der Waals surface area (Å²) in [6, 6.07) is 15.7. The first-order chi connectivity index (χ1) is 12.1. The highest BCUT2D eigenvalue weighted by Gasteiger charge is 2.32. The monoisotopic (exact) mass is 366 g/mol. The number of nitrogens with zero attached hydrogens (tertiary/aromatic N) is 1. The number of anilines is 1. The Morgan fingerprint density at radius 2 is 1.88 bits per heavy atom. The average Bonchev–Trinajstić information content (AvgIpc) is 2.90. The van der Waals surface area contributed by atoms with Crippen LogP contribution in [0.2, 0.25) is 0 Å². The van der Waals surface area contributed by atoms with E-state index in [9.17, 15) is 14.7 Å². The first-order valence-electron chi connectivity index (χ1n) is 7.37. The molecule has 0 atom stereocenters. The van der Waals surface area contributed by atoms with E-state index in [2.05, 4.69) is 0 Å². The van der Waals surface area contributed by atoms with Crippen molar-refractivity contribution in [3.05, 3.63) is 82.8 Å². The number of carboxylic acid groups (broad SMARTS) is 1. The normalized spacial score (nSPS) is 16.2. The van der Waals surface area contributed by atoms with Crippen LogP contribution in [0.5, 0.6) is 0 Å². The number of amides is 1. The number of hydrogen-bond acceptors (Lipinski definition) is 5. The minimum atomic E-state index is -1.30. The number of rotatable bonds is 4. The Hall–Kier alpha value is -2.70. The molecule has 1 aliphatic rings. The predicted octanol–water partition coefficient (Wildman–Crippen LogP) is 3.01. The van der Waals surface area contributed by atoms with Crippen LogP contribution < -0.4 is 10.0 Å². The molecule has 0 saturated carbocycles. The highest BCUT2D eigenvalue weighted by atomic mass is 32.2. The van der Waals surface area contributed by atoms with Crippen molar-refractivity contribution in [3.8, 4) is 0 Å². The number of thiocarbonyl (C=S) groups is 1. The summed E-state index contributed by atoms with van der Waals surface area (Å²) in [7, 11) is 0. The number of carboxylic acids is 1. The molecule has 2 aromatic carbocycles. The van der Waals surface area contributed by atoms with E-state index in [1.165, 1.54) is 28.8 Å². The van der Waals surface area contributed by atoms with E-state index in [0.717, 1.165) is 5.56 Å². The minimum absolute atomic E-state index is 0.000460. The molecule has 2 aromatic rings. The first-order valence-corrected chi connectivity index (χ1v) is 8.60. The Morgan fingerprint density at radius 3 is 2.60 bits per heavy atom. The van der Waals surface area contributed by atoms with Crippen LogP contribution in [0.15, 0.2) is 71.7 Å².